The Morgan fingerprint density at radius 1 is 1.05 bits per heavy atom. The first-order valence-corrected chi connectivity index (χ1v) is 7.14. The van der Waals surface area contributed by atoms with Crippen LogP contribution in [0.4, 0.5) is 0 Å². The minimum absolute atomic E-state index is 0.00224. The van der Waals surface area contributed by atoms with E-state index in [1.165, 1.54) is 13.8 Å². The molecule has 0 rings (SSSR count). The fourth-order valence-corrected chi connectivity index (χ4v) is 1.47. The number of rotatable bonds is 9. The normalized spacial score (nSPS) is 13.9. The van der Waals surface area contributed by atoms with Crippen molar-refractivity contribution in [2.45, 2.75) is 46.5 Å². The Morgan fingerprint density at radius 2 is 1.45 bits per heavy atom. The van der Waals surface area contributed by atoms with Crippen molar-refractivity contribution in [3.63, 3.8) is 0 Å². The van der Waals surface area contributed by atoms with Crippen LogP contribution in [-0.2, 0) is 19.1 Å². The highest BCUT2D eigenvalue weighted by Gasteiger charge is 2.42. The van der Waals surface area contributed by atoms with Gasteiger partial charge in [-0.05, 0) is 32.6 Å². The molecule has 0 spiro atoms. The first-order chi connectivity index (χ1) is 10.0. The van der Waals surface area contributed by atoms with Crippen LogP contribution in [0.5, 0.6) is 0 Å². The molecule has 0 heterocycles. The van der Waals surface area contributed by atoms with Gasteiger partial charge in [-0.3, -0.25) is 0 Å². The molecule has 2 N–H and O–H groups in total. The molecule has 126 valence electrons. The van der Waals surface area contributed by atoms with Gasteiger partial charge in [0, 0.05) is 17.8 Å². The van der Waals surface area contributed by atoms with E-state index < -0.39 is 23.8 Å². The van der Waals surface area contributed by atoms with Gasteiger partial charge in [0.05, 0.1) is 5.92 Å². The number of aliphatic hydroxyl groups is 2. The van der Waals surface area contributed by atoms with Crippen LogP contribution in [0.2, 0.25) is 0 Å². The maximum Gasteiger partial charge on any atom is 0.376 e. The van der Waals surface area contributed by atoms with E-state index >= 15 is 0 Å². The zero-order valence-electron chi connectivity index (χ0n) is 13.7. The van der Waals surface area contributed by atoms with E-state index in [2.05, 4.69) is 13.2 Å². The lowest BCUT2D eigenvalue weighted by atomic mass is 9.96. The van der Waals surface area contributed by atoms with Gasteiger partial charge < -0.3 is 19.7 Å². The van der Waals surface area contributed by atoms with Crippen molar-refractivity contribution in [3.05, 3.63) is 24.3 Å². The summed E-state index contributed by atoms with van der Waals surface area (Å²) in [5, 5.41) is 19.5. The molecule has 0 aromatic rings. The standard InChI is InChI=1S/C16H26O6/c1-10(2)14(18)21-16(20,22-15(19)11(3)4)13(6)8-7-12(5)9-17/h12-13,17,20H,1,3,7-9H2,2,4-6H3. The van der Waals surface area contributed by atoms with Gasteiger partial charge in [0.2, 0.25) is 0 Å². The number of hydrogen-bond donors (Lipinski definition) is 2. The van der Waals surface area contributed by atoms with Gasteiger partial charge in [0.25, 0.3) is 0 Å². The van der Waals surface area contributed by atoms with Crippen LogP contribution in [0.3, 0.4) is 0 Å². The minimum Gasteiger partial charge on any atom is -0.396 e. The number of aliphatic hydroxyl groups excluding tert-OH is 1. The molecule has 0 saturated heterocycles. The second kappa shape index (κ2) is 8.70. The van der Waals surface area contributed by atoms with Crippen molar-refractivity contribution in [2.75, 3.05) is 6.61 Å². The lowest BCUT2D eigenvalue weighted by molar-refractivity contribution is -0.345. The number of ether oxygens (including phenoxy) is 2. The summed E-state index contributed by atoms with van der Waals surface area (Å²) in [5.74, 6) is -4.80. The molecule has 0 fully saturated rings. The molecule has 6 heteroatoms. The number of carbonyl (C=O) groups excluding carboxylic acids is 2. The predicted molar refractivity (Wildman–Crippen MR) is 81.4 cm³/mol. The van der Waals surface area contributed by atoms with Crippen molar-refractivity contribution in [2.24, 2.45) is 11.8 Å². The van der Waals surface area contributed by atoms with E-state index in [0.29, 0.717) is 12.8 Å². The van der Waals surface area contributed by atoms with E-state index in [-0.39, 0.29) is 23.7 Å². The van der Waals surface area contributed by atoms with Gasteiger partial charge in [-0.25, -0.2) is 9.59 Å². The third-order valence-corrected chi connectivity index (χ3v) is 3.20. The zero-order valence-corrected chi connectivity index (χ0v) is 13.7. The third kappa shape index (κ3) is 6.41. The summed E-state index contributed by atoms with van der Waals surface area (Å²) in [6.07, 6.45) is 0.945. The summed E-state index contributed by atoms with van der Waals surface area (Å²) in [5.41, 5.74) is 0.140. The highest BCUT2D eigenvalue weighted by Crippen LogP contribution is 2.28. The molecule has 22 heavy (non-hydrogen) atoms. The maximum absolute atomic E-state index is 11.7. The molecule has 0 aliphatic carbocycles. The Morgan fingerprint density at radius 3 is 1.77 bits per heavy atom. The average molecular weight is 314 g/mol. The van der Waals surface area contributed by atoms with Crippen LogP contribution >= 0.6 is 0 Å². The van der Waals surface area contributed by atoms with Gasteiger partial charge in [0.1, 0.15) is 0 Å². The predicted octanol–water partition coefficient (Wildman–Crippen LogP) is 1.92. The molecule has 0 saturated carbocycles. The van der Waals surface area contributed by atoms with E-state index in [0.717, 1.165) is 0 Å². The molecular weight excluding hydrogens is 288 g/mol. The number of esters is 2. The van der Waals surface area contributed by atoms with E-state index in [9.17, 15) is 14.7 Å². The van der Waals surface area contributed by atoms with Crippen LogP contribution < -0.4 is 0 Å². The quantitative estimate of drug-likeness (QED) is 0.384. The SMILES string of the molecule is C=C(C)C(=O)OC(O)(OC(=O)C(=C)C)C(C)CCC(C)CO. The Bertz CT molecular complexity index is 412. The smallest absolute Gasteiger partial charge is 0.376 e. The lowest BCUT2D eigenvalue weighted by Gasteiger charge is -2.32. The van der Waals surface area contributed by atoms with E-state index in [1.807, 2.05) is 6.92 Å². The summed E-state index contributed by atoms with van der Waals surface area (Å²) in [4.78, 5) is 23.3. The second-order valence-corrected chi connectivity index (χ2v) is 5.74. The van der Waals surface area contributed by atoms with Crippen molar-refractivity contribution in [3.8, 4) is 0 Å². The maximum atomic E-state index is 11.7. The Kier molecular flexibility index (Phi) is 8.05. The third-order valence-electron chi connectivity index (χ3n) is 3.20. The Labute approximate surface area is 131 Å². The first-order valence-electron chi connectivity index (χ1n) is 7.14. The summed E-state index contributed by atoms with van der Waals surface area (Å²) in [6.45, 7) is 13.1. The molecule has 0 amide bonds. The fraction of sp³-hybridized carbons (Fsp3) is 0.625. The average Bonchev–Trinajstić information content (AvgIpc) is 2.43. The molecule has 0 radical (unpaired) electrons. The topological polar surface area (TPSA) is 93.1 Å². The molecule has 2 atom stereocenters. The van der Waals surface area contributed by atoms with Crippen LogP contribution in [0.15, 0.2) is 24.3 Å². The van der Waals surface area contributed by atoms with Gasteiger partial charge in [-0.1, -0.05) is 27.0 Å². The molecular formula is C16H26O6. The zero-order chi connectivity index (χ0) is 17.5. The molecule has 0 aromatic carbocycles. The monoisotopic (exact) mass is 314 g/mol. The van der Waals surface area contributed by atoms with Gasteiger partial charge in [-0.15, -0.1) is 0 Å². The van der Waals surface area contributed by atoms with Crippen LogP contribution in [0.1, 0.15) is 40.5 Å². The largest absolute Gasteiger partial charge is 0.396 e. The van der Waals surface area contributed by atoms with Gasteiger partial charge >= 0.3 is 17.9 Å². The van der Waals surface area contributed by atoms with Crippen LogP contribution in [0.25, 0.3) is 0 Å². The molecule has 0 bridgehead atoms. The highest BCUT2D eigenvalue weighted by molar-refractivity contribution is 5.88. The molecule has 2 unspecified atom stereocenters. The molecule has 0 aliphatic heterocycles. The second-order valence-electron chi connectivity index (χ2n) is 5.74. The van der Waals surface area contributed by atoms with Gasteiger partial charge in [-0.2, -0.15) is 0 Å². The van der Waals surface area contributed by atoms with Crippen molar-refractivity contribution in [1.29, 1.82) is 0 Å². The summed E-state index contributed by atoms with van der Waals surface area (Å²) in [7, 11) is 0. The van der Waals surface area contributed by atoms with Crippen molar-refractivity contribution in [1.82, 2.24) is 0 Å². The summed E-state index contributed by atoms with van der Waals surface area (Å²) >= 11 is 0. The number of hydrogen-bond acceptors (Lipinski definition) is 6. The molecule has 0 aromatic heterocycles. The van der Waals surface area contributed by atoms with E-state index in [4.69, 9.17) is 14.6 Å². The van der Waals surface area contributed by atoms with Crippen LogP contribution in [0, 0.1) is 11.8 Å². The van der Waals surface area contributed by atoms with Gasteiger partial charge in [0.15, 0.2) is 0 Å². The summed E-state index contributed by atoms with van der Waals surface area (Å²) < 4.78 is 9.84. The molecule has 0 aliphatic rings. The summed E-state index contributed by atoms with van der Waals surface area (Å²) in [6, 6.07) is 0. The molecule has 6 nitrogen and oxygen atoms in total. The fourth-order valence-electron chi connectivity index (χ4n) is 1.47. The van der Waals surface area contributed by atoms with Crippen LogP contribution in [-0.4, -0.2) is 34.7 Å². The lowest BCUT2D eigenvalue weighted by Crippen LogP contribution is -2.46. The van der Waals surface area contributed by atoms with Crippen molar-refractivity contribution >= 4 is 11.9 Å². The first kappa shape index (κ1) is 20.3. The minimum atomic E-state index is -2.40. The van der Waals surface area contributed by atoms with Crippen molar-refractivity contribution < 1.29 is 29.3 Å². The highest BCUT2D eigenvalue weighted by atomic mass is 16.8. The Balaban J connectivity index is 5.12. The Hall–Kier alpha value is -1.66. The number of carbonyl (C=O) groups is 2. The van der Waals surface area contributed by atoms with E-state index in [1.54, 1.807) is 6.92 Å².